The molecule has 3 heterocycles. The summed E-state index contributed by atoms with van der Waals surface area (Å²) in [7, 11) is 3.40. The second kappa shape index (κ2) is 5.59. The number of anilines is 1. The van der Waals surface area contributed by atoms with Crippen molar-refractivity contribution in [2.75, 3.05) is 32.5 Å². The van der Waals surface area contributed by atoms with Gasteiger partial charge in [0.25, 0.3) is 0 Å². The normalized spacial score (nSPS) is 14.5. The average Bonchev–Trinajstić information content (AvgIpc) is 2.45. The number of hydrogen-bond acceptors (Lipinski definition) is 4. The van der Waals surface area contributed by atoms with Crippen molar-refractivity contribution < 1.29 is 9.59 Å². The molecule has 0 bridgehead atoms. The molecule has 1 saturated heterocycles. The minimum absolute atomic E-state index is 0.0689. The summed E-state index contributed by atoms with van der Waals surface area (Å²) in [6.07, 6.45) is 3.30. The first kappa shape index (κ1) is 14.2. The molecule has 0 radical (unpaired) electrons. The standard InChI is InChI=1S/C15H17N5O2/c1-19(2)15(22)20-8-10(9-20)14(21)18-11-6-13-12(17-7-11)4-3-5-16-13/h3-7,10H,8-9H2,1-2H3,(H,18,21). The van der Waals surface area contributed by atoms with Crippen LogP contribution < -0.4 is 5.32 Å². The predicted molar refractivity (Wildman–Crippen MR) is 82.3 cm³/mol. The highest BCUT2D eigenvalue weighted by Gasteiger charge is 2.36. The molecule has 1 N–H and O–H groups in total. The molecule has 1 aliphatic rings. The highest BCUT2D eigenvalue weighted by molar-refractivity contribution is 5.95. The van der Waals surface area contributed by atoms with Crippen LogP contribution in [0.1, 0.15) is 0 Å². The molecule has 0 aromatic carbocycles. The Balaban J connectivity index is 1.61. The molecule has 22 heavy (non-hydrogen) atoms. The van der Waals surface area contributed by atoms with Crippen LogP contribution in [0, 0.1) is 5.92 Å². The Kier molecular flexibility index (Phi) is 3.62. The molecular weight excluding hydrogens is 282 g/mol. The highest BCUT2D eigenvalue weighted by atomic mass is 16.2. The lowest BCUT2D eigenvalue weighted by Gasteiger charge is -2.39. The summed E-state index contributed by atoms with van der Waals surface area (Å²) < 4.78 is 0. The topological polar surface area (TPSA) is 78.4 Å². The van der Waals surface area contributed by atoms with Crippen molar-refractivity contribution in [3.63, 3.8) is 0 Å². The number of fused-ring (bicyclic) bond motifs is 1. The van der Waals surface area contributed by atoms with Crippen LogP contribution in [0.5, 0.6) is 0 Å². The zero-order valence-corrected chi connectivity index (χ0v) is 12.5. The molecule has 0 saturated carbocycles. The molecule has 1 aliphatic heterocycles. The van der Waals surface area contributed by atoms with E-state index in [9.17, 15) is 9.59 Å². The summed E-state index contributed by atoms with van der Waals surface area (Å²) in [5, 5.41) is 2.83. The molecule has 7 heteroatoms. The number of nitrogens with zero attached hydrogens (tertiary/aromatic N) is 4. The zero-order chi connectivity index (χ0) is 15.7. The summed E-state index contributed by atoms with van der Waals surface area (Å²) in [5.74, 6) is -0.275. The SMILES string of the molecule is CN(C)C(=O)N1CC(C(=O)Nc2cnc3cccnc3c2)C1. The molecule has 3 rings (SSSR count). The van der Waals surface area contributed by atoms with Gasteiger partial charge in [-0.3, -0.25) is 14.8 Å². The molecule has 7 nitrogen and oxygen atoms in total. The van der Waals surface area contributed by atoms with Gasteiger partial charge in [0.1, 0.15) is 0 Å². The Bertz CT molecular complexity index is 725. The fourth-order valence-electron chi connectivity index (χ4n) is 2.35. The van der Waals surface area contributed by atoms with E-state index in [1.54, 1.807) is 37.5 Å². The summed E-state index contributed by atoms with van der Waals surface area (Å²) in [5.41, 5.74) is 2.14. The predicted octanol–water partition coefficient (Wildman–Crippen LogP) is 1.18. The van der Waals surface area contributed by atoms with E-state index >= 15 is 0 Å². The van der Waals surface area contributed by atoms with Crippen LogP contribution >= 0.6 is 0 Å². The van der Waals surface area contributed by atoms with Crippen LogP contribution in [0.25, 0.3) is 11.0 Å². The number of aromatic nitrogens is 2. The van der Waals surface area contributed by atoms with Gasteiger partial charge in [-0.15, -0.1) is 0 Å². The second-order valence-electron chi connectivity index (χ2n) is 5.53. The van der Waals surface area contributed by atoms with Crippen LogP contribution in [-0.2, 0) is 4.79 Å². The third-order valence-electron chi connectivity index (χ3n) is 3.62. The lowest BCUT2D eigenvalue weighted by molar-refractivity contribution is -0.123. The van der Waals surface area contributed by atoms with Crippen molar-refractivity contribution in [2.45, 2.75) is 0 Å². The van der Waals surface area contributed by atoms with Gasteiger partial charge >= 0.3 is 6.03 Å². The summed E-state index contributed by atoms with van der Waals surface area (Å²) >= 11 is 0. The zero-order valence-electron chi connectivity index (χ0n) is 12.5. The third-order valence-corrected chi connectivity index (χ3v) is 3.62. The Morgan fingerprint density at radius 3 is 2.77 bits per heavy atom. The minimum atomic E-state index is -0.177. The van der Waals surface area contributed by atoms with E-state index in [1.165, 1.54) is 4.90 Å². The quantitative estimate of drug-likeness (QED) is 0.903. The van der Waals surface area contributed by atoms with Crippen molar-refractivity contribution in [1.29, 1.82) is 0 Å². The van der Waals surface area contributed by atoms with Crippen LogP contribution in [0.2, 0.25) is 0 Å². The van der Waals surface area contributed by atoms with E-state index in [0.29, 0.717) is 18.8 Å². The Labute approximate surface area is 127 Å². The first-order valence-corrected chi connectivity index (χ1v) is 7.02. The fraction of sp³-hybridized carbons (Fsp3) is 0.333. The Morgan fingerprint density at radius 2 is 2.05 bits per heavy atom. The molecule has 0 spiro atoms. The minimum Gasteiger partial charge on any atom is -0.331 e. The maximum atomic E-state index is 12.2. The summed E-state index contributed by atoms with van der Waals surface area (Å²) in [6.45, 7) is 0.893. The average molecular weight is 299 g/mol. The molecule has 114 valence electrons. The Morgan fingerprint density at radius 1 is 1.27 bits per heavy atom. The van der Waals surface area contributed by atoms with E-state index in [0.717, 1.165) is 11.0 Å². The van der Waals surface area contributed by atoms with Crippen molar-refractivity contribution in [3.8, 4) is 0 Å². The van der Waals surface area contributed by atoms with Crippen LogP contribution in [0.3, 0.4) is 0 Å². The van der Waals surface area contributed by atoms with Crippen molar-refractivity contribution in [2.24, 2.45) is 5.92 Å². The molecule has 1 fully saturated rings. The van der Waals surface area contributed by atoms with Gasteiger partial charge in [-0.25, -0.2) is 4.79 Å². The van der Waals surface area contributed by atoms with Gasteiger partial charge in [-0.2, -0.15) is 0 Å². The smallest absolute Gasteiger partial charge is 0.319 e. The van der Waals surface area contributed by atoms with Crippen LogP contribution in [0.15, 0.2) is 30.6 Å². The third kappa shape index (κ3) is 2.69. The molecule has 0 unspecified atom stereocenters. The van der Waals surface area contributed by atoms with E-state index < -0.39 is 0 Å². The maximum Gasteiger partial charge on any atom is 0.319 e. The van der Waals surface area contributed by atoms with Crippen molar-refractivity contribution in [3.05, 3.63) is 30.6 Å². The Hall–Kier alpha value is -2.70. The number of nitrogens with one attached hydrogen (secondary N) is 1. The monoisotopic (exact) mass is 299 g/mol. The van der Waals surface area contributed by atoms with E-state index in [1.807, 2.05) is 12.1 Å². The van der Waals surface area contributed by atoms with Gasteiger partial charge in [0.15, 0.2) is 0 Å². The molecular formula is C15H17N5O2. The number of carbonyl (C=O) groups is 2. The van der Waals surface area contributed by atoms with E-state index in [4.69, 9.17) is 0 Å². The van der Waals surface area contributed by atoms with Crippen LogP contribution in [-0.4, -0.2) is 58.9 Å². The number of urea groups is 1. The van der Waals surface area contributed by atoms with Gasteiger partial charge < -0.3 is 15.1 Å². The number of pyridine rings is 2. The van der Waals surface area contributed by atoms with Gasteiger partial charge in [0.2, 0.25) is 5.91 Å². The van der Waals surface area contributed by atoms with Gasteiger partial charge in [-0.1, -0.05) is 0 Å². The molecule has 0 atom stereocenters. The van der Waals surface area contributed by atoms with E-state index in [-0.39, 0.29) is 17.9 Å². The van der Waals surface area contributed by atoms with Crippen LogP contribution in [0.4, 0.5) is 10.5 Å². The van der Waals surface area contributed by atoms with Gasteiger partial charge in [0.05, 0.1) is 28.8 Å². The first-order valence-electron chi connectivity index (χ1n) is 7.02. The summed E-state index contributed by atoms with van der Waals surface area (Å²) in [4.78, 5) is 35.5. The van der Waals surface area contributed by atoms with Crippen molar-refractivity contribution >= 4 is 28.7 Å². The number of amides is 3. The number of carbonyl (C=O) groups excluding carboxylic acids is 2. The van der Waals surface area contributed by atoms with E-state index in [2.05, 4.69) is 15.3 Å². The molecule has 2 aromatic rings. The fourth-order valence-corrected chi connectivity index (χ4v) is 2.35. The maximum absolute atomic E-state index is 12.2. The molecule has 2 aromatic heterocycles. The lowest BCUT2D eigenvalue weighted by Crippen LogP contribution is -2.56. The van der Waals surface area contributed by atoms with Gasteiger partial charge in [0, 0.05) is 33.4 Å². The second-order valence-corrected chi connectivity index (χ2v) is 5.53. The molecule has 3 amide bonds. The molecule has 0 aliphatic carbocycles. The first-order chi connectivity index (χ1) is 10.5. The number of hydrogen-bond donors (Lipinski definition) is 1. The number of rotatable bonds is 2. The lowest BCUT2D eigenvalue weighted by atomic mass is 9.99. The summed E-state index contributed by atoms with van der Waals surface area (Å²) in [6, 6.07) is 5.41. The van der Waals surface area contributed by atoms with Crippen molar-refractivity contribution in [1.82, 2.24) is 19.8 Å². The van der Waals surface area contributed by atoms with Gasteiger partial charge in [-0.05, 0) is 18.2 Å². The highest BCUT2D eigenvalue weighted by Crippen LogP contribution is 2.20. The largest absolute Gasteiger partial charge is 0.331 e. The number of likely N-dealkylation sites (tertiary alicyclic amines) is 1.